The number of aryl methyl sites for hydroxylation is 2. The van der Waals surface area contributed by atoms with Crippen LogP contribution in [-0.2, 0) is 12.3 Å². The number of rotatable bonds is 3. The van der Waals surface area contributed by atoms with Gasteiger partial charge in [-0.25, -0.2) is 4.98 Å². The molecule has 15 heavy (non-hydrogen) atoms. The molecule has 80 valence electrons. The van der Waals surface area contributed by atoms with Gasteiger partial charge in [0.15, 0.2) is 0 Å². The minimum Gasteiger partial charge on any atom is -0.301 e. The summed E-state index contributed by atoms with van der Waals surface area (Å²) in [5.74, 6) is 1.61. The van der Waals surface area contributed by atoms with Crippen molar-refractivity contribution in [3.8, 4) is 0 Å². The highest BCUT2D eigenvalue weighted by Crippen LogP contribution is 2.18. The van der Waals surface area contributed by atoms with Crippen LogP contribution in [0.1, 0.15) is 30.6 Å². The Labute approximate surface area is 94.9 Å². The fourth-order valence-corrected chi connectivity index (χ4v) is 2.13. The van der Waals surface area contributed by atoms with Gasteiger partial charge in [-0.3, -0.25) is 0 Å². The van der Waals surface area contributed by atoms with Crippen LogP contribution in [0.5, 0.6) is 0 Å². The van der Waals surface area contributed by atoms with Crippen molar-refractivity contribution in [3.63, 3.8) is 0 Å². The van der Waals surface area contributed by atoms with Crippen molar-refractivity contribution in [1.82, 2.24) is 9.38 Å². The molecule has 2 aromatic heterocycles. The molecule has 0 saturated heterocycles. The smallest absolute Gasteiger partial charge is 0.113 e. The van der Waals surface area contributed by atoms with Gasteiger partial charge in [0.2, 0.25) is 0 Å². The number of nitrogens with zero attached hydrogens (tertiary/aromatic N) is 2. The van der Waals surface area contributed by atoms with E-state index in [4.69, 9.17) is 11.6 Å². The molecular weight excluding hydrogens is 208 g/mol. The zero-order valence-corrected chi connectivity index (χ0v) is 9.88. The molecule has 0 amide bonds. The van der Waals surface area contributed by atoms with Crippen LogP contribution in [0.25, 0.3) is 5.52 Å². The Morgan fingerprint density at radius 3 is 2.87 bits per heavy atom. The summed E-state index contributed by atoms with van der Waals surface area (Å²) in [5.41, 5.74) is 3.36. The summed E-state index contributed by atoms with van der Waals surface area (Å²) in [5, 5.41) is 0. The average molecular weight is 223 g/mol. The monoisotopic (exact) mass is 222 g/mol. The average Bonchev–Trinajstić information content (AvgIpc) is 2.59. The van der Waals surface area contributed by atoms with Crippen LogP contribution in [0, 0.1) is 6.92 Å². The van der Waals surface area contributed by atoms with Gasteiger partial charge in [0, 0.05) is 12.1 Å². The number of pyridine rings is 1. The topological polar surface area (TPSA) is 17.3 Å². The molecule has 0 radical (unpaired) electrons. The number of fused-ring (bicyclic) bond motifs is 1. The van der Waals surface area contributed by atoms with E-state index >= 15 is 0 Å². The second kappa shape index (κ2) is 4.23. The van der Waals surface area contributed by atoms with Gasteiger partial charge in [0.1, 0.15) is 5.82 Å². The van der Waals surface area contributed by atoms with Crippen LogP contribution >= 0.6 is 11.6 Å². The number of imidazole rings is 1. The molecule has 3 heteroatoms. The van der Waals surface area contributed by atoms with Crippen molar-refractivity contribution in [3.05, 3.63) is 35.4 Å². The van der Waals surface area contributed by atoms with Gasteiger partial charge in [-0.2, -0.15) is 0 Å². The van der Waals surface area contributed by atoms with E-state index in [-0.39, 0.29) is 0 Å². The van der Waals surface area contributed by atoms with Crippen molar-refractivity contribution < 1.29 is 0 Å². The molecule has 0 atom stereocenters. The Morgan fingerprint density at radius 1 is 1.40 bits per heavy atom. The second-order valence-corrected chi connectivity index (χ2v) is 4.01. The van der Waals surface area contributed by atoms with Crippen molar-refractivity contribution in [2.45, 2.75) is 32.6 Å². The third-order valence-electron chi connectivity index (χ3n) is 2.60. The van der Waals surface area contributed by atoms with Crippen molar-refractivity contribution in [2.75, 3.05) is 0 Å². The third kappa shape index (κ3) is 1.74. The zero-order chi connectivity index (χ0) is 10.8. The molecule has 0 fully saturated rings. The summed E-state index contributed by atoms with van der Waals surface area (Å²) >= 11 is 5.90. The fraction of sp³-hybridized carbons (Fsp3) is 0.417. The molecule has 0 aliphatic rings. The predicted octanol–water partition coefficient (Wildman–Crippen LogP) is 3.33. The summed E-state index contributed by atoms with van der Waals surface area (Å²) in [7, 11) is 0. The summed E-state index contributed by atoms with van der Waals surface area (Å²) in [6, 6.07) is 6.24. The van der Waals surface area contributed by atoms with Gasteiger partial charge < -0.3 is 4.40 Å². The maximum absolute atomic E-state index is 5.90. The number of aromatic nitrogens is 2. The van der Waals surface area contributed by atoms with E-state index in [0.29, 0.717) is 5.88 Å². The van der Waals surface area contributed by atoms with Gasteiger partial charge in [0.25, 0.3) is 0 Å². The first-order valence-corrected chi connectivity index (χ1v) is 5.83. The molecule has 0 spiro atoms. The first-order chi connectivity index (χ1) is 7.27. The third-order valence-corrected chi connectivity index (χ3v) is 2.86. The molecule has 2 aromatic rings. The first-order valence-electron chi connectivity index (χ1n) is 5.29. The van der Waals surface area contributed by atoms with Crippen molar-refractivity contribution >= 4 is 17.1 Å². The Bertz CT molecular complexity index is 474. The standard InChI is InChI=1S/C12H15ClN2/c1-3-5-12-14-10(8-13)11-7-4-6-9(2)15(11)12/h4,6-7H,3,5,8H2,1-2H3. The lowest BCUT2D eigenvalue weighted by atomic mass is 10.3. The number of halogens is 1. The van der Waals surface area contributed by atoms with Gasteiger partial charge in [0.05, 0.1) is 17.1 Å². The van der Waals surface area contributed by atoms with E-state index in [1.165, 1.54) is 5.69 Å². The lowest BCUT2D eigenvalue weighted by Gasteiger charge is -2.03. The van der Waals surface area contributed by atoms with Gasteiger partial charge >= 0.3 is 0 Å². The molecule has 0 aromatic carbocycles. The Morgan fingerprint density at radius 2 is 2.20 bits per heavy atom. The van der Waals surface area contributed by atoms with Crippen molar-refractivity contribution in [2.24, 2.45) is 0 Å². The Kier molecular flexibility index (Phi) is 2.96. The van der Waals surface area contributed by atoms with E-state index < -0.39 is 0 Å². The molecule has 0 aliphatic heterocycles. The molecule has 0 unspecified atom stereocenters. The van der Waals surface area contributed by atoms with E-state index in [1.807, 2.05) is 0 Å². The molecule has 0 N–H and O–H groups in total. The predicted molar refractivity (Wildman–Crippen MR) is 63.5 cm³/mol. The minimum atomic E-state index is 0.483. The second-order valence-electron chi connectivity index (χ2n) is 3.75. The molecule has 0 aliphatic carbocycles. The van der Waals surface area contributed by atoms with E-state index in [2.05, 4.69) is 41.4 Å². The van der Waals surface area contributed by atoms with Crippen LogP contribution in [0.2, 0.25) is 0 Å². The Balaban J connectivity index is 2.70. The van der Waals surface area contributed by atoms with Gasteiger partial charge in [-0.15, -0.1) is 11.6 Å². The maximum Gasteiger partial charge on any atom is 0.113 e. The summed E-state index contributed by atoms with van der Waals surface area (Å²) in [4.78, 5) is 4.59. The highest BCUT2D eigenvalue weighted by molar-refractivity contribution is 6.17. The van der Waals surface area contributed by atoms with Crippen LogP contribution in [-0.4, -0.2) is 9.38 Å². The SMILES string of the molecule is CCCc1nc(CCl)c2cccc(C)n12. The van der Waals surface area contributed by atoms with Gasteiger partial charge in [-0.1, -0.05) is 13.0 Å². The molecule has 2 rings (SSSR count). The largest absolute Gasteiger partial charge is 0.301 e. The molecule has 2 nitrogen and oxygen atoms in total. The van der Waals surface area contributed by atoms with E-state index in [0.717, 1.165) is 29.9 Å². The summed E-state index contributed by atoms with van der Waals surface area (Å²) < 4.78 is 2.21. The maximum atomic E-state index is 5.90. The highest BCUT2D eigenvalue weighted by Gasteiger charge is 2.10. The molecule has 0 bridgehead atoms. The summed E-state index contributed by atoms with van der Waals surface area (Å²) in [6.45, 7) is 4.27. The van der Waals surface area contributed by atoms with Crippen LogP contribution < -0.4 is 0 Å². The number of hydrogen-bond acceptors (Lipinski definition) is 1. The quantitative estimate of drug-likeness (QED) is 0.729. The van der Waals surface area contributed by atoms with E-state index in [9.17, 15) is 0 Å². The summed E-state index contributed by atoms with van der Waals surface area (Å²) in [6.07, 6.45) is 2.11. The van der Waals surface area contributed by atoms with Crippen molar-refractivity contribution in [1.29, 1.82) is 0 Å². The van der Waals surface area contributed by atoms with Gasteiger partial charge in [-0.05, 0) is 25.5 Å². The molecular formula is C12H15ClN2. The number of hydrogen-bond donors (Lipinski definition) is 0. The molecule has 2 heterocycles. The highest BCUT2D eigenvalue weighted by atomic mass is 35.5. The number of alkyl halides is 1. The van der Waals surface area contributed by atoms with Crippen LogP contribution in [0.3, 0.4) is 0 Å². The first kappa shape index (κ1) is 10.5. The molecule has 0 saturated carbocycles. The fourth-order valence-electron chi connectivity index (χ4n) is 1.94. The zero-order valence-electron chi connectivity index (χ0n) is 9.13. The normalized spacial score (nSPS) is 11.1. The van der Waals surface area contributed by atoms with E-state index in [1.54, 1.807) is 0 Å². The lowest BCUT2D eigenvalue weighted by Crippen LogP contribution is -1.97. The lowest BCUT2D eigenvalue weighted by molar-refractivity contribution is 0.818. The minimum absolute atomic E-state index is 0.483. The Hall–Kier alpha value is -1.02. The van der Waals surface area contributed by atoms with Crippen LogP contribution in [0.15, 0.2) is 18.2 Å². The van der Waals surface area contributed by atoms with Crippen LogP contribution in [0.4, 0.5) is 0 Å².